The first-order valence-corrected chi connectivity index (χ1v) is 7.22. The van der Waals surface area contributed by atoms with Gasteiger partial charge in [0.1, 0.15) is 6.61 Å². The van der Waals surface area contributed by atoms with Crippen LogP contribution in [0.15, 0.2) is 24.8 Å². The Morgan fingerprint density at radius 2 is 1.72 bits per heavy atom. The van der Waals surface area contributed by atoms with E-state index in [1.807, 2.05) is 0 Å². The summed E-state index contributed by atoms with van der Waals surface area (Å²) in [4.78, 5) is 11.2. The van der Waals surface area contributed by atoms with E-state index in [1.54, 1.807) is 6.08 Å². The minimum absolute atomic E-state index is 0.0996. The average Bonchev–Trinajstić information content (AvgIpc) is 2.38. The quantitative estimate of drug-likeness (QED) is 0.283. The Kier molecular flexibility index (Phi) is 13.2. The van der Waals surface area contributed by atoms with Crippen LogP contribution in [-0.2, 0) is 9.53 Å². The summed E-state index contributed by atoms with van der Waals surface area (Å²) in [5.74, 6) is -0.0996. The van der Waals surface area contributed by atoms with E-state index in [1.165, 1.54) is 38.5 Å². The average molecular weight is 252 g/mol. The van der Waals surface area contributed by atoms with Crippen molar-refractivity contribution in [2.45, 2.75) is 64.7 Å². The largest absolute Gasteiger partial charge is 0.461 e. The number of carbonyl (C=O) groups is 1. The Bertz CT molecular complexity index is 231. The first-order chi connectivity index (χ1) is 8.81. The zero-order valence-corrected chi connectivity index (χ0v) is 11.8. The molecule has 0 aromatic heterocycles. The Labute approximate surface area is 112 Å². The summed E-state index contributed by atoms with van der Waals surface area (Å²) in [5, 5.41) is 0. The van der Waals surface area contributed by atoms with Crippen molar-refractivity contribution in [3.63, 3.8) is 0 Å². The number of hydrogen-bond acceptors (Lipinski definition) is 2. The van der Waals surface area contributed by atoms with E-state index in [0.717, 1.165) is 12.8 Å². The van der Waals surface area contributed by atoms with Crippen molar-refractivity contribution in [1.29, 1.82) is 0 Å². The summed E-state index contributed by atoms with van der Waals surface area (Å²) >= 11 is 0. The SMILES string of the molecule is C=CCOC(=O)CCCCCCCC=CCCC. The highest BCUT2D eigenvalue weighted by molar-refractivity contribution is 5.69. The number of esters is 1. The van der Waals surface area contributed by atoms with Crippen LogP contribution in [0.25, 0.3) is 0 Å². The van der Waals surface area contributed by atoms with Crippen LogP contribution >= 0.6 is 0 Å². The highest BCUT2D eigenvalue weighted by atomic mass is 16.5. The highest BCUT2D eigenvalue weighted by Gasteiger charge is 2.00. The molecule has 18 heavy (non-hydrogen) atoms. The second kappa shape index (κ2) is 14.0. The molecule has 0 radical (unpaired) electrons. The van der Waals surface area contributed by atoms with Gasteiger partial charge >= 0.3 is 5.97 Å². The minimum Gasteiger partial charge on any atom is -0.461 e. The van der Waals surface area contributed by atoms with E-state index in [0.29, 0.717) is 13.0 Å². The van der Waals surface area contributed by atoms with Crippen molar-refractivity contribution < 1.29 is 9.53 Å². The van der Waals surface area contributed by atoms with Gasteiger partial charge in [0.05, 0.1) is 0 Å². The number of carbonyl (C=O) groups excluding carboxylic acids is 1. The number of allylic oxidation sites excluding steroid dienone is 2. The predicted octanol–water partition coefficient (Wildman–Crippen LogP) is 4.80. The number of ether oxygens (including phenoxy) is 1. The molecule has 0 heterocycles. The van der Waals surface area contributed by atoms with E-state index in [4.69, 9.17) is 4.74 Å². The molecule has 2 nitrogen and oxygen atoms in total. The molecule has 0 rings (SSSR count). The third kappa shape index (κ3) is 13.0. The molecule has 0 fully saturated rings. The van der Waals surface area contributed by atoms with Gasteiger partial charge in [0, 0.05) is 6.42 Å². The molecule has 0 unspecified atom stereocenters. The maximum absolute atomic E-state index is 11.2. The maximum atomic E-state index is 11.2. The molecule has 0 spiro atoms. The zero-order chi connectivity index (χ0) is 13.5. The van der Waals surface area contributed by atoms with Crippen LogP contribution in [0.2, 0.25) is 0 Å². The Morgan fingerprint density at radius 3 is 2.44 bits per heavy atom. The fraction of sp³-hybridized carbons (Fsp3) is 0.688. The van der Waals surface area contributed by atoms with Crippen LogP contribution in [0.4, 0.5) is 0 Å². The molecule has 0 aromatic rings. The summed E-state index contributed by atoms with van der Waals surface area (Å²) in [6.45, 7) is 6.04. The van der Waals surface area contributed by atoms with Crippen molar-refractivity contribution in [2.75, 3.05) is 6.61 Å². The lowest BCUT2D eigenvalue weighted by molar-refractivity contribution is -0.142. The third-order valence-corrected chi connectivity index (χ3v) is 2.74. The molecule has 0 aliphatic rings. The Balaban J connectivity index is 3.16. The predicted molar refractivity (Wildman–Crippen MR) is 77.5 cm³/mol. The molecule has 2 heteroatoms. The topological polar surface area (TPSA) is 26.3 Å². The number of hydrogen-bond donors (Lipinski definition) is 0. The van der Waals surface area contributed by atoms with Crippen LogP contribution in [0.1, 0.15) is 64.7 Å². The van der Waals surface area contributed by atoms with Crippen molar-refractivity contribution >= 4 is 5.97 Å². The molecule has 0 saturated heterocycles. The lowest BCUT2D eigenvalue weighted by Gasteiger charge is -2.02. The molecule has 0 N–H and O–H groups in total. The summed E-state index contributed by atoms with van der Waals surface area (Å²) in [6, 6.07) is 0. The monoisotopic (exact) mass is 252 g/mol. The lowest BCUT2D eigenvalue weighted by Crippen LogP contribution is -2.03. The zero-order valence-electron chi connectivity index (χ0n) is 11.8. The van der Waals surface area contributed by atoms with Crippen LogP contribution in [0.5, 0.6) is 0 Å². The number of rotatable bonds is 12. The standard InChI is InChI=1S/C16H28O2/c1-3-5-6-7-8-9-10-11-12-13-14-16(17)18-15-4-2/h4,6-7H,2-3,5,8-15H2,1H3. The molecule has 0 saturated carbocycles. The van der Waals surface area contributed by atoms with Crippen LogP contribution < -0.4 is 0 Å². The lowest BCUT2D eigenvalue weighted by atomic mass is 10.1. The molecular formula is C16H28O2. The molecular weight excluding hydrogens is 224 g/mol. The van der Waals surface area contributed by atoms with E-state index < -0.39 is 0 Å². The summed E-state index contributed by atoms with van der Waals surface area (Å²) in [7, 11) is 0. The van der Waals surface area contributed by atoms with Crippen molar-refractivity contribution in [1.82, 2.24) is 0 Å². The molecule has 0 aromatic carbocycles. The van der Waals surface area contributed by atoms with Gasteiger partial charge in [-0.1, -0.05) is 57.4 Å². The van der Waals surface area contributed by atoms with Gasteiger partial charge in [0.2, 0.25) is 0 Å². The van der Waals surface area contributed by atoms with E-state index >= 15 is 0 Å². The Morgan fingerprint density at radius 1 is 1.06 bits per heavy atom. The first kappa shape index (κ1) is 16.9. The van der Waals surface area contributed by atoms with Gasteiger partial charge in [-0.05, 0) is 25.7 Å². The normalized spacial score (nSPS) is 10.7. The molecule has 0 amide bonds. The fourth-order valence-corrected chi connectivity index (χ4v) is 1.69. The second-order valence-electron chi connectivity index (χ2n) is 4.54. The molecule has 104 valence electrons. The van der Waals surface area contributed by atoms with Crippen LogP contribution in [-0.4, -0.2) is 12.6 Å². The Hall–Kier alpha value is -1.05. The van der Waals surface area contributed by atoms with E-state index in [2.05, 4.69) is 25.7 Å². The van der Waals surface area contributed by atoms with E-state index in [9.17, 15) is 4.79 Å². The van der Waals surface area contributed by atoms with Crippen molar-refractivity contribution in [3.8, 4) is 0 Å². The van der Waals surface area contributed by atoms with Gasteiger partial charge in [-0.3, -0.25) is 4.79 Å². The smallest absolute Gasteiger partial charge is 0.306 e. The highest BCUT2D eigenvalue weighted by Crippen LogP contribution is 2.08. The number of unbranched alkanes of at least 4 members (excludes halogenated alkanes) is 6. The third-order valence-electron chi connectivity index (χ3n) is 2.74. The molecule has 0 atom stereocenters. The first-order valence-electron chi connectivity index (χ1n) is 7.22. The van der Waals surface area contributed by atoms with Crippen molar-refractivity contribution in [3.05, 3.63) is 24.8 Å². The van der Waals surface area contributed by atoms with Gasteiger partial charge in [-0.15, -0.1) is 0 Å². The van der Waals surface area contributed by atoms with E-state index in [-0.39, 0.29) is 5.97 Å². The van der Waals surface area contributed by atoms with Crippen molar-refractivity contribution in [2.24, 2.45) is 0 Å². The fourth-order valence-electron chi connectivity index (χ4n) is 1.69. The summed E-state index contributed by atoms with van der Waals surface area (Å²) in [6.07, 6.45) is 16.2. The second-order valence-corrected chi connectivity index (χ2v) is 4.54. The van der Waals surface area contributed by atoms with Gasteiger partial charge in [-0.25, -0.2) is 0 Å². The summed E-state index contributed by atoms with van der Waals surface area (Å²) in [5.41, 5.74) is 0. The van der Waals surface area contributed by atoms with Gasteiger partial charge in [0.15, 0.2) is 0 Å². The molecule has 0 aliphatic heterocycles. The molecule has 0 aliphatic carbocycles. The van der Waals surface area contributed by atoms with Gasteiger partial charge in [0.25, 0.3) is 0 Å². The van der Waals surface area contributed by atoms with Gasteiger partial charge in [-0.2, -0.15) is 0 Å². The van der Waals surface area contributed by atoms with Crippen LogP contribution in [0.3, 0.4) is 0 Å². The van der Waals surface area contributed by atoms with Crippen LogP contribution in [0, 0.1) is 0 Å². The van der Waals surface area contributed by atoms with Gasteiger partial charge < -0.3 is 4.74 Å². The summed E-state index contributed by atoms with van der Waals surface area (Å²) < 4.78 is 4.91. The molecule has 0 bridgehead atoms. The minimum atomic E-state index is -0.0996. The maximum Gasteiger partial charge on any atom is 0.306 e.